The Bertz CT molecular complexity index is 665. The second-order valence-corrected chi connectivity index (χ2v) is 7.74. The highest BCUT2D eigenvalue weighted by Gasteiger charge is 2.16. The summed E-state index contributed by atoms with van der Waals surface area (Å²) in [5.74, 6) is 0.842. The van der Waals surface area contributed by atoms with Gasteiger partial charge in [0.25, 0.3) is 0 Å². The predicted octanol–water partition coefficient (Wildman–Crippen LogP) is 2.75. The fraction of sp³-hybridized carbons (Fsp3) is 0.476. The first kappa shape index (κ1) is 19.4. The van der Waals surface area contributed by atoms with Crippen LogP contribution >= 0.6 is 0 Å². The topological polar surface area (TPSA) is 59.0 Å². The average Bonchev–Trinajstić information content (AvgIpc) is 2.58. The molecule has 0 saturated carbocycles. The van der Waals surface area contributed by atoms with E-state index in [0.717, 1.165) is 11.3 Å². The molecule has 0 spiro atoms. The van der Waals surface area contributed by atoms with E-state index in [2.05, 4.69) is 57.1 Å². The normalized spacial score (nSPS) is 14.2. The molecule has 2 atom stereocenters. The summed E-state index contributed by atoms with van der Waals surface area (Å²) in [4.78, 5) is 4.03. The van der Waals surface area contributed by atoms with Crippen LogP contribution in [0, 0.1) is 6.92 Å². The number of ether oxygens (including phenoxy) is 1. The molecule has 1 aromatic carbocycles. The van der Waals surface area contributed by atoms with E-state index in [4.69, 9.17) is 4.74 Å². The Morgan fingerprint density at radius 2 is 1.84 bits per heavy atom. The Morgan fingerprint density at radius 1 is 1.16 bits per heavy atom. The highest BCUT2D eigenvalue weighted by Crippen LogP contribution is 2.27. The third-order valence-electron chi connectivity index (χ3n) is 4.47. The summed E-state index contributed by atoms with van der Waals surface area (Å²) in [5, 5.41) is 12.3. The third kappa shape index (κ3) is 5.83. The summed E-state index contributed by atoms with van der Waals surface area (Å²) in [6.07, 6.45) is 3.08. The molecule has 25 heavy (non-hydrogen) atoms. The molecule has 0 saturated heterocycles. The molecule has 3 N–H and O–H groups in total. The van der Waals surface area contributed by atoms with Crippen molar-refractivity contribution < 1.29 is 15.2 Å². The lowest BCUT2D eigenvalue weighted by atomic mass is 9.86. The van der Waals surface area contributed by atoms with Gasteiger partial charge in [-0.05, 0) is 48.6 Å². The van der Waals surface area contributed by atoms with Gasteiger partial charge in [-0.25, -0.2) is 0 Å². The molecule has 0 aliphatic heterocycles. The quantitative estimate of drug-likeness (QED) is 0.813. The van der Waals surface area contributed by atoms with E-state index in [1.807, 2.05) is 18.2 Å². The van der Waals surface area contributed by atoms with Crippen LogP contribution in [0.1, 0.15) is 50.4 Å². The molecule has 4 nitrogen and oxygen atoms in total. The van der Waals surface area contributed by atoms with Gasteiger partial charge in [0.1, 0.15) is 31.0 Å². The number of nitrogens with two attached hydrogens (primary N) is 1. The van der Waals surface area contributed by atoms with Gasteiger partial charge < -0.3 is 15.2 Å². The molecule has 2 aromatic rings. The van der Waals surface area contributed by atoms with Crippen LogP contribution in [-0.4, -0.2) is 29.3 Å². The van der Waals surface area contributed by atoms with Crippen LogP contribution in [0.25, 0.3) is 0 Å². The molecule has 0 unspecified atom stereocenters. The standard InChI is InChI=1S/C21H30N2O2/c1-15-12-18(21(3,4)5)6-7-20(15)25-14-19(24)13-23-16(2)17-8-10-22-11-9-17/h6-12,16,19,23-24H,13-14H2,1-5H3/p+1/t16-,19-/m1/s1. The van der Waals surface area contributed by atoms with E-state index in [1.54, 1.807) is 12.4 Å². The summed E-state index contributed by atoms with van der Waals surface area (Å²) >= 11 is 0. The molecule has 0 fully saturated rings. The number of aliphatic hydroxyl groups excluding tert-OH is 1. The Kier molecular flexibility index (Phi) is 6.57. The van der Waals surface area contributed by atoms with Gasteiger partial charge in [0.05, 0.1) is 0 Å². The maximum atomic E-state index is 10.2. The van der Waals surface area contributed by atoms with E-state index in [-0.39, 0.29) is 11.5 Å². The minimum atomic E-state index is -0.508. The van der Waals surface area contributed by atoms with Gasteiger partial charge in [-0.15, -0.1) is 0 Å². The van der Waals surface area contributed by atoms with Crippen LogP contribution in [0.2, 0.25) is 0 Å². The summed E-state index contributed by atoms with van der Waals surface area (Å²) in [6, 6.07) is 10.6. The number of benzene rings is 1. The van der Waals surface area contributed by atoms with Gasteiger partial charge in [-0.1, -0.05) is 32.9 Å². The van der Waals surface area contributed by atoms with Gasteiger partial charge >= 0.3 is 0 Å². The second kappa shape index (κ2) is 8.45. The van der Waals surface area contributed by atoms with Crippen molar-refractivity contribution in [2.24, 2.45) is 0 Å². The summed E-state index contributed by atoms with van der Waals surface area (Å²) < 4.78 is 5.82. The lowest BCUT2D eigenvalue weighted by molar-refractivity contribution is -0.698. The van der Waals surface area contributed by atoms with Crippen molar-refractivity contribution in [3.8, 4) is 5.75 Å². The number of pyridine rings is 1. The first-order valence-corrected chi connectivity index (χ1v) is 8.92. The Hall–Kier alpha value is -1.91. The number of aromatic nitrogens is 1. The molecule has 0 radical (unpaired) electrons. The molecule has 0 bridgehead atoms. The van der Waals surface area contributed by atoms with Crippen LogP contribution in [0.4, 0.5) is 0 Å². The number of hydrogen-bond acceptors (Lipinski definition) is 3. The van der Waals surface area contributed by atoms with Crippen LogP contribution in [-0.2, 0) is 5.41 Å². The summed E-state index contributed by atoms with van der Waals surface area (Å²) in [7, 11) is 0. The van der Waals surface area contributed by atoms with Gasteiger partial charge in [-0.2, -0.15) is 0 Å². The average molecular weight is 343 g/mol. The molecule has 0 amide bonds. The number of aryl methyl sites for hydroxylation is 1. The predicted molar refractivity (Wildman–Crippen MR) is 101 cm³/mol. The van der Waals surface area contributed by atoms with Crippen molar-refractivity contribution in [2.75, 3.05) is 13.2 Å². The fourth-order valence-electron chi connectivity index (χ4n) is 2.70. The molecule has 1 aromatic heterocycles. The van der Waals surface area contributed by atoms with Crippen LogP contribution in [0.15, 0.2) is 42.7 Å². The maximum Gasteiger partial charge on any atom is 0.137 e. The van der Waals surface area contributed by atoms with Gasteiger partial charge in [0.15, 0.2) is 0 Å². The highest BCUT2D eigenvalue weighted by atomic mass is 16.5. The number of hydrogen-bond donors (Lipinski definition) is 2. The van der Waals surface area contributed by atoms with Crippen LogP contribution < -0.4 is 10.1 Å². The van der Waals surface area contributed by atoms with Crippen molar-refractivity contribution >= 4 is 0 Å². The SMILES string of the molecule is Cc1cc(C(C)(C)C)ccc1OC[C@H](O)C[NH2+][C@H](C)c1ccncc1. The molecule has 1 heterocycles. The van der Waals surface area contributed by atoms with Crippen LogP contribution in [0.3, 0.4) is 0 Å². The summed E-state index contributed by atoms with van der Waals surface area (Å²) in [6.45, 7) is 11.7. The smallest absolute Gasteiger partial charge is 0.137 e. The van der Waals surface area contributed by atoms with E-state index in [1.165, 1.54) is 11.1 Å². The maximum absolute atomic E-state index is 10.2. The van der Waals surface area contributed by atoms with E-state index in [0.29, 0.717) is 13.2 Å². The monoisotopic (exact) mass is 343 g/mol. The third-order valence-corrected chi connectivity index (χ3v) is 4.47. The number of nitrogens with zero attached hydrogens (tertiary/aromatic N) is 1. The molecular formula is C21H31N2O2+. The van der Waals surface area contributed by atoms with Crippen LogP contribution in [0.5, 0.6) is 5.75 Å². The van der Waals surface area contributed by atoms with Crippen molar-refractivity contribution in [1.82, 2.24) is 4.98 Å². The van der Waals surface area contributed by atoms with E-state index >= 15 is 0 Å². The zero-order valence-electron chi connectivity index (χ0n) is 16.0. The molecule has 4 heteroatoms. The number of rotatable bonds is 7. The van der Waals surface area contributed by atoms with Crippen molar-refractivity contribution in [3.05, 3.63) is 59.4 Å². The van der Waals surface area contributed by atoms with Gasteiger partial charge in [0, 0.05) is 18.0 Å². The van der Waals surface area contributed by atoms with Crippen molar-refractivity contribution in [3.63, 3.8) is 0 Å². The first-order valence-electron chi connectivity index (χ1n) is 8.92. The largest absolute Gasteiger partial charge is 0.490 e. The lowest BCUT2D eigenvalue weighted by Gasteiger charge is -2.21. The van der Waals surface area contributed by atoms with E-state index in [9.17, 15) is 5.11 Å². The second-order valence-electron chi connectivity index (χ2n) is 7.74. The minimum absolute atomic E-state index is 0.126. The zero-order chi connectivity index (χ0) is 18.4. The molecule has 2 rings (SSSR count). The van der Waals surface area contributed by atoms with Crippen molar-refractivity contribution in [1.29, 1.82) is 0 Å². The fourth-order valence-corrected chi connectivity index (χ4v) is 2.70. The highest BCUT2D eigenvalue weighted by molar-refractivity contribution is 5.38. The van der Waals surface area contributed by atoms with Gasteiger partial charge in [0.2, 0.25) is 0 Å². The van der Waals surface area contributed by atoms with Crippen molar-refractivity contribution in [2.45, 2.75) is 52.2 Å². The Labute approximate surface area is 151 Å². The number of aliphatic hydroxyl groups is 1. The Balaban J connectivity index is 1.83. The molecule has 136 valence electrons. The lowest BCUT2D eigenvalue weighted by Crippen LogP contribution is -2.87. The van der Waals surface area contributed by atoms with Gasteiger partial charge in [-0.3, -0.25) is 4.98 Å². The number of quaternary nitrogens is 1. The first-order chi connectivity index (χ1) is 11.8. The zero-order valence-corrected chi connectivity index (χ0v) is 16.0. The Morgan fingerprint density at radius 3 is 2.44 bits per heavy atom. The molecule has 0 aliphatic carbocycles. The minimum Gasteiger partial charge on any atom is -0.490 e. The van der Waals surface area contributed by atoms with E-state index < -0.39 is 6.10 Å². The molecular weight excluding hydrogens is 312 g/mol. The molecule has 0 aliphatic rings. The summed E-state index contributed by atoms with van der Waals surface area (Å²) in [5.41, 5.74) is 3.73.